The summed E-state index contributed by atoms with van der Waals surface area (Å²) in [6.07, 6.45) is 3.18. The SMILES string of the molecule is CN(c1ncccc1C#N)C1CCCC1F. The summed E-state index contributed by atoms with van der Waals surface area (Å²) < 4.78 is 13.6. The number of pyridine rings is 1. The zero-order valence-electron chi connectivity index (χ0n) is 9.23. The van der Waals surface area contributed by atoms with Crippen LogP contribution in [0.25, 0.3) is 0 Å². The Labute approximate surface area is 94.5 Å². The van der Waals surface area contributed by atoms with Crippen LogP contribution in [0, 0.1) is 11.3 Å². The molecule has 0 spiro atoms. The van der Waals surface area contributed by atoms with Gasteiger partial charge in [-0.2, -0.15) is 5.26 Å². The number of hydrogen-bond donors (Lipinski definition) is 0. The van der Waals surface area contributed by atoms with Crippen molar-refractivity contribution in [1.82, 2.24) is 4.98 Å². The van der Waals surface area contributed by atoms with Crippen LogP contribution in [0.15, 0.2) is 18.3 Å². The molecule has 1 heterocycles. The van der Waals surface area contributed by atoms with E-state index in [1.54, 1.807) is 23.2 Å². The van der Waals surface area contributed by atoms with Gasteiger partial charge in [0.25, 0.3) is 0 Å². The average Bonchev–Trinajstić information content (AvgIpc) is 2.74. The molecule has 0 aliphatic heterocycles. The molecule has 2 rings (SSSR count). The Kier molecular flexibility index (Phi) is 3.04. The van der Waals surface area contributed by atoms with Crippen molar-refractivity contribution in [2.45, 2.75) is 31.5 Å². The maximum absolute atomic E-state index is 13.6. The van der Waals surface area contributed by atoms with E-state index in [1.807, 2.05) is 7.05 Å². The van der Waals surface area contributed by atoms with Crippen LogP contribution in [-0.2, 0) is 0 Å². The van der Waals surface area contributed by atoms with E-state index < -0.39 is 6.17 Å². The molecule has 1 saturated carbocycles. The minimum Gasteiger partial charge on any atom is -0.353 e. The molecule has 0 radical (unpaired) electrons. The molecule has 0 bridgehead atoms. The zero-order valence-corrected chi connectivity index (χ0v) is 9.23. The smallest absolute Gasteiger partial charge is 0.146 e. The molecule has 0 saturated heterocycles. The third-order valence-corrected chi connectivity index (χ3v) is 3.14. The van der Waals surface area contributed by atoms with E-state index in [9.17, 15) is 4.39 Å². The highest BCUT2D eigenvalue weighted by Crippen LogP contribution is 2.29. The van der Waals surface area contributed by atoms with E-state index in [0.717, 1.165) is 12.8 Å². The average molecular weight is 219 g/mol. The van der Waals surface area contributed by atoms with E-state index in [1.165, 1.54) is 0 Å². The van der Waals surface area contributed by atoms with E-state index in [0.29, 0.717) is 17.8 Å². The van der Waals surface area contributed by atoms with Gasteiger partial charge in [-0.1, -0.05) is 0 Å². The monoisotopic (exact) mass is 219 g/mol. The molecule has 1 aromatic heterocycles. The Morgan fingerprint density at radius 3 is 3.00 bits per heavy atom. The normalized spacial score (nSPS) is 24.1. The van der Waals surface area contributed by atoms with Crippen molar-refractivity contribution in [2.75, 3.05) is 11.9 Å². The topological polar surface area (TPSA) is 39.9 Å². The largest absolute Gasteiger partial charge is 0.353 e. The van der Waals surface area contributed by atoms with Crippen LogP contribution >= 0.6 is 0 Å². The van der Waals surface area contributed by atoms with E-state index in [4.69, 9.17) is 5.26 Å². The third kappa shape index (κ3) is 1.85. The minimum atomic E-state index is -0.807. The molecular formula is C12H14FN3. The molecule has 1 aromatic rings. The van der Waals surface area contributed by atoms with Crippen LogP contribution in [0.3, 0.4) is 0 Å². The Bertz CT molecular complexity index is 413. The summed E-state index contributed by atoms with van der Waals surface area (Å²) >= 11 is 0. The molecule has 1 fully saturated rings. The second-order valence-electron chi connectivity index (χ2n) is 4.11. The lowest BCUT2D eigenvalue weighted by Crippen LogP contribution is -2.36. The van der Waals surface area contributed by atoms with Gasteiger partial charge >= 0.3 is 0 Å². The number of aromatic nitrogens is 1. The van der Waals surface area contributed by atoms with Crippen LogP contribution < -0.4 is 4.90 Å². The lowest BCUT2D eigenvalue weighted by molar-refractivity contribution is 0.306. The van der Waals surface area contributed by atoms with E-state index in [2.05, 4.69) is 11.1 Å². The lowest BCUT2D eigenvalue weighted by atomic mass is 10.2. The fourth-order valence-electron chi connectivity index (χ4n) is 2.25. The number of halogens is 1. The van der Waals surface area contributed by atoms with E-state index >= 15 is 0 Å². The van der Waals surface area contributed by atoms with Crippen molar-refractivity contribution in [3.05, 3.63) is 23.9 Å². The number of rotatable bonds is 2. The fourth-order valence-corrected chi connectivity index (χ4v) is 2.25. The maximum Gasteiger partial charge on any atom is 0.146 e. The Hall–Kier alpha value is -1.63. The molecule has 0 N–H and O–H groups in total. The molecule has 84 valence electrons. The Balaban J connectivity index is 2.27. The summed E-state index contributed by atoms with van der Waals surface area (Å²) in [7, 11) is 1.81. The number of hydrogen-bond acceptors (Lipinski definition) is 3. The summed E-state index contributed by atoms with van der Waals surface area (Å²) in [4.78, 5) is 5.97. The Morgan fingerprint density at radius 2 is 2.38 bits per heavy atom. The first-order valence-corrected chi connectivity index (χ1v) is 5.46. The highest BCUT2D eigenvalue weighted by atomic mass is 19.1. The van der Waals surface area contributed by atoms with Gasteiger partial charge in [-0.25, -0.2) is 9.37 Å². The van der Waals surface area contributed by atoms with Crippen molar-refractivity contribution in [1.29, 1.82) is 5.26 Å². The van der Waals surface area contributed by atoms with Crippen LogP contribution in [0.1, 0.15) is 24.8 Å². The third-order valence-electron chi connectivity index (χ3n) is 3.14. The lowest BCUT2D eigenvalue weighted by Gasteiger charge is -2.27. The van der Waals surface area contributed by atoms with Gasteiger partial charge in [-0.15, -0.1) is 0 Å². The highest BCUT2D eigenvalue weighted by Gasteiger charge is 2.31. The summed E-state index contributed by atoms with van der Waals surface area (Å²) in [6.45, 7) is 0. The molecule has 1 aliphatic carbocycles. The number of nitriles is 1. The molecule has 0 amide bonds. The molecule has 16 heavy (non-hydrogen) atoms. The molecule has 1 aliphatic rings. The van der Waals surface area contributed by atoms with Crippen LogP contribution in [0.4, 0.5) is 10.2 Å². The van der Waals surface area contributed by atoms with Crippen LogP contribution in [0.2, 0.25) is 0 Å². The van der Waals surface area contributed by atoms with Gasteiger partial charge in [0.1, 0.15) is 18.1 Å². The molecular weight excluding hydrogens is 205 g/mol. The summed E-state index contributed by atoms with van der Waals surface area (Å²) in [5, 5.41) is 8.97. The number of nitrogens with zero attached hydrogens (tertiary/aromatic N) is 3. The van der Waals surface area contributed by atoms with Crippen LogP contribution in [-0.4, -0.2) is 24.2 Å². The van der Waals surface area contributed by atoms with Crippen molar-refractivity contribution < 1.29 is 4.39 Å². The van der Waals surface area contributed by atoms with Gasteiger partial charge in [0, 0.05) is 13.2 Å². The molecule has 2 unspecified atom stereocenters. The second kappa shape index (κ2) is 4.48. The van der Waals surface area contributed by atoms with Gasteiger partial charge in [0.05, 0.1) is 11.6 Å². The van der Waals surface area contributed by atoms with Crippen molar-refractivity contribution in [2.24, 2.45) is 0 Å². The molecule has 0 aromatic carbocycles. The fraction of sp³-hybridized carbons (Fsp3) is 0.500. The predicted octanol–water partition coefficient (Wildman–Crippen LogP) is 2.28. The first-order chi connectivity index (χ1) is 7.74. The van der Waals surface area contributed by atoms with Crippen molar-refractivity contribution in [3.63, 3.8) is 0 Å². The minimum absolute atomic E-state index is 0.137. The predicted molar refractivity (Wildman–Crippen MR) is 59.9 cm³/mol. The molecule has 3 nitrogen and oxygen atoms in total. The van der Waals surface area contributed by atoms with Gasteiger partial charge in [0.2, 0.25) is 0 Å². The van der Waals surface area contributed by atoms with Gasteiger partial charge in [-0.05, 0) is 31.4 Å². The highest BCUT2D eigenvalue weighted by molar-refractivity contribution is 5.53. The van der Waals surface area contributed by atoms with Gasteiger partial charge in [0.15, 0.2) is 0 Å². The number of alkyl halides is 1. The van der Waals surface area contributed by atoms with E-state index in [-0.39, 0.29) is 6.04 Å². The van der Waals surface area contributed by atoms with Crippen molar-refractivity contribution in [3.8, 4) is 6.07 Å². The molecule has 2 atom stereocenters. The first-order valence-electron chi connectivity index (χ1n) is 5.46. The van der Waals surface area contributed by atoms with Crippen molar-refractivity contribution >= 4 is 5.82 Å². The van der Waals surface area contributed by atoms with Crippen LogP contribution in [0.5, 0.6) is 0 Å². The summed E-state index contributed by atoms with van der Waals surface area (Å²) in [5.41, 5.74) is 0.504. The first kappa shape index (κ1) is 10.9. The number of anilines is 1. The second-order valence-corrected chi connectivity index (χ2v) is 4.11. The zero-order chi connectivity index (χ0) is 11.5. The Morgan fingerprint density at radius 1 is 1.56 bits per heavy atom. The van der Waals surface area contributed by atoms with Gasteiger partial charge < -0.3 is 4.90 Å². The summed E-state index contributed by atoms with van der Waals surface area (Å²) in [6, 6.07) is 5.38. The summed E-state index contributed by atoms with van der Waals surface area (Å²) in [5.74, 6) is 0.583. The maximum atomic E-state index is 13.6. The standard InChI is InChI=1S/C12H14FN3/c1-16(11-6-2-5-10(11)13)12-9(8-14)4-3-7-15-12/h3-4,7,10-11H,2,5-6H2,1H3. The quantitative estimate of drug-likeness (QED) is 0.766. The van der Waals surface area contributed by atoms with Gasteiger partial charge in [-0.3, -0.25) is 0 Å². The molecule has 4 heteroatoms.